The van der Waals surface area contributed by atoms with Crippen molar-refractivity contribution in [3.63, 3.8) is 0 Å². The molecule has 1 aromatic carbocycles. The fraction of sp³-hybridized carbons (Fsp3) is 0.154. The van der Waals surface area contributed by atoms with Gasteiger partial charge in [-0.3, -0.25) is 4.79 Å². The highest BCUT2D eigenvalue weighted by atomic mass is 16.5. The van der Waals surface area contributed by atoms with Gasteiger partial charge < -0.3 is 14.9 Å². The predicted octanol–water partition coefficient (Wildman–Crippen LogP) is 1.03. The van der Waals surface area contributed by atoms with Crippen molar-refractivity contribution in [2.24, 2.45) is 0 Å². The number of aromatic hydroxyl groups is 1. The van der Waals surface area contributed by atoms with Crippen molar-refractivity contribution in [1.29, 1.82) is 0 Å². The van der Waals surface area contributed by atoms with Crippen molar-refractivity contribution in [1.82, 2.24) is 9.78 Å². The molecule has 1 aromatic heterocycles. The number of carboxylic acid groups (broad SMARTS) is 1. The second-order valence-electron chi connectivity index (χ2n) is 3.83. The van der Waals surface area contributed by atoms with E-state index in [1.165, 1.54) is 0 Å². The Morgan fingerprint density at radius 1 is 1.40 bits per heavy atom. The van der Waals surface area contributed by atoms with Gasteiger partial charge in [0.1, 0.15) is 11.4 Å². The summed E-state index contributed by atoms with van der Waals surface area (Å²) in [5.41, 5.74) is -0.947. The Morgan fingerprint density at radius 3 is 2.75 bits per heavy atom. The third-order valence-corrected chi connectivity index (χ3v) is 2.51. The molecular weight excluding hydrogens is 264 g/mol. The van der Waals surface area contributed by atoms with E-state index in [1.54, 1.807) is 31.2 Å². The number of carboxylic acids is 1. The van der Waals surface area contributed by atoms with E-state index >= 15 is 0 Å². The number of para-hydroxylation sites is 2. The van der Waals surface area contributed by atoms with Crippen LogP contribution in [0.2, 0.25) is 0 Å². The Morgan fingerprint density at radius 2 is 2.10 bits per heavy atom. The van der Waals surface area contributed by atoms with Crippen molar-refractivity contribution >= 4 is 5.97 Å². The molecular formula is C13H12N2O5. The fourth-order valence-electron chi connectivity index (χ4n) is 1.68. The van der Waals surface area contributed by atoms with Gasteiger partial charge in [-0.1, -0.05) is 12.1 Å². The third kappa shape index (κ3) is 2.46. The Hall–Kier alpha value is -2.83. The van der Waals surface area contributed by atoms with Crippen LogP contribution in [0.4, 0.5) is 0 Å². The minimum absolute atomic E-state index is 0.307. The minimum atomic E-state index is -1.43. The molecule has 0 aliphatic carbocycles. The number of aromatic nitrogens is 2. The topological polar surface area (TPSA) is 102 Å². The lowest BCUT2D eigenvalue weighted by Crippen LogP contribution is -2.23. The normalized spacial score (nSPS) is 10.2. The van der Waals surface area contributed by atoms with Gasteiger partial charge in [0.2, 0.25) is 5.69 Å². The molecule has 0 saturated heterocycles. The van der Waals surface area contributed by atoms with E-state index in [9.17, 15) is 14.7 Å². The molecule has 104 valence electrons. The molecule has 2 N–H and O–H groups in total. The van der Waals surface area contributed by atoms with Gasteiger partial charge in [-0.25, -0.2) is 4.79 Å². The molecule has 7 nitrogen and oxygen atoms in total. The lowest BCUT2D eigenvalue weighted by atomic mass is 10.3. The molecule has 0 aliphatic rings. The van der Waals surface area contributed by atoms with Gasteiger partial charge >= 0.3 is 5.97 Å². The first-order valence-electron chi connectivity index (χ1n) is 5.83. The highest BCUT2D eigenvalue weighted by molar-refractivity contribution is 5.88. The van der Waals surface area contributed by atoms with Gasteiger partial charge in [0.15, 0.2) is 5.75 Å². The summed E-state index contributed by atoms with van der Waals surface area (Å²) in [6.07, 6.45) is 0. The standard InChI is InChI=1S/C13H12N2O5/c1-2-20-10-6-4-3-5-8(10)15-11(17)7-9(16)12(14-15)13(18)19/h3-7,16H,2H2,1H3,(H,18,19). The van der Waals surface area contributed by atoms with Gasteiger partial charge in [0.05, 0.1) is 6.61 Å². The molecule has 0 fully saturated rings. The van der Waals surface area contributed by atoms with Crippen LogP contribution in [0.25, 0.3) is 5.69 Å². The van der Waals surface area contributed by atoms with Crippen LogP contribution in [0.3, 0.4) is 0 Å². The molecule has 1 heterocycles. The highest BCUT2D eigenvalue weighted by Gasteiger charge is 2.17. The first kappa shape index (κ1) is 13.6. The van der Waals surface area contributed by atoms with Crippen molar-refractivity contribution in [2.75, 3.05) is 6.61 Å². The Bertz CT molecular complexity index is 708. The average Bonchev–Trinajstić information content (AvgIpc) is 2.40. The van der Waals surface area contributed by atoms with E-state index < -0.39 is 23.0 Å². The number of ether oxygens (including phenoxy) is 1. The average molecular weight is 276 g/mol. The summed E-state index contributed by atoms with van der Waals surface area (Å²) in [5.74, 6) is -1.70. The Balaban J connectivity index is 2.67. The number of aromatic carboxylic acids is 1. The summed E-state index contributed by atoms with van der Waals surface area (Å²) in [4.78, 5) is 22.8. The summed E-state index contributed by atoms with van der Waals surface area (Å²) in [6, 6.07) is 7.40. The maximum atomic E-state index is 11.9. The molecule has 0 amide bonds. The predicted molar refractivity (Wildman–Crippen MR) is 69.6 cm³/mol. The van der Waals surface area contributed by atoms with Crippen LogP contribution in [-0.4, -0.2) is 32.6 Å². The zero-order chi connectivity index (χ0) is 14.7. The first-order valence-corrected chi connectivity index (χ1v) is 5.83. The van der Waals surface area contributed by atoms with Crippen LogP contribution in [0.15, 0.2) is 35.1 Å². The van der Waals surface area contributed by atoms with Crippen molar-refractivity contribution in [3.05, 3.63) is 46.4 Å². The fourth-order valence-corrected chi connectivity index (χ4v) is 1.68. The monoisotopic (exact) mass is 276 g/mol. The minimum Gasteiger partial charge on any atom is -0.505 e. The molecule has 20 heavy (non-hydrogen) atoms. The van der Waals surface area contributed by atoms with Crippen molar-refractivity contribution in [2.45, 2.75) is 6.92 Å². The van der Waals surface area contributed by atoms with Gasteiger partial charge in [0.25, 0.3) is 5.56 Å². The SMILES string of the molecule is CCOc1ccccc1-n1nc(C(=O)O)c(O)cc1=O. The molecule has 0 saturated carbocycles. The van der Waals surface area contributed by atoms with Crippen molar-refractivity contribution < 1.29 is 19.7 Å². The lowest BCUT2D eigenvalue weighted by molar-refractivity contribution is 0.0684. The second kappa shape index (κ2) is 5.43. The summed E-state index contributed by atoms with van der Waals surface area (Å²) in [7, 11) is 0. The second-order valence-corrected chi connectivity index (χ2v) is 3.83. The van der Waals surface area contributed by atoms with Crippen LogP contribution >= 0.6 is 0 Å². The number of rotatable bonds is 4. The number of nitrogens with zero attached hydrogens (tertiary/aromatic N) is 2. The maximum Gasteiger partial charge on any atom is 0.360 e. The number of hydrogen-bond acceptors (Lipinski definition) is 5. The summed E-state index contributed by atoms with van der Waals surface area (Å²) >= 11 is 0. The van der Waals surface area contributed by atoms with E-state index in [0.29, 0.717) is 18.0 Å². The smallest absolute Gasteiger partial charge is 0.360 e. The van der Waals surface area contributed by atoms with E-state index in [4.69, 9.17) is 9.84 Å². The molecule has 0 atom stereocenters. The number of hydrogen-bond donors (Lipinski definition) is 2. The van der Waals surface area contributed by atoms with Crippen LogP contribution in [0, 0.1) is 0 Å². The lowest BCUT2D eigenvalue weighted by Gasteiger charge is -2.11. The Kier molecular flexibility index (Phi) is 3.69. The number of carbonyl (C=O) groups is 1. The summed E-state index contributed by atoms with van der Waals surface area (Å²) in [5, 5.41) is 22.0. The Labute approximate surface area is 113 Å². The molecule has 2 rings (SSSR count). The molecule has 0 bridgehead atoms. The summed E-state index contributed by atoms with van der Waals surface area (Å²) in [6.45, 7) is 2.17. The maximum absolute atomic E-state index is 11.9. The van der Waals surface area contributed by atoms with Crippen molar-refractivity contribution in [3.8, 4) is 17.2 Å². The van der Waals surface area contributed by atoms with E-state index in [-0.39, 0.29) is 0 Å². The van der Waals surface area contributed by atoms with Crippen LogP contribution in [0.5, 0.6) is 11.5 Å². The van der Waals surface area contributed by atoms with E-state index in [2.05, 4.69) is 5.10 Å². The molecule has 7 heteroatoms. The quantitative estimate of drug-likeness (QED) is 0.865. The number of benzene rings is 1. The van der Waals surface area contributed by atoms with Crippen LogP contribution in [-0.2, 0) is 0 Å². The van der Waals surface area contributed by atoms with Gasteiger partial charge in [0, 0.05) is 6.07 Å². The zero-order valence-electron chi connectivity index (χ0n) is 10.6. The molecule has 0 spiro atoms. The van der Waals surface area contributed by atoms with Gasteiger partial charge in [-0.2, -0.15) is 9.78 Å². The van der Waals surface area contributed by atoms with Gasteiger partial charge in [-0.05, 0) is 19.1 Å². The first-order chi connectivity index (χ1) is 9.54. The zero-order valence-corrected chi connectivity index (χ0v) is 10.6. The largest absolute Gasteiger partial charge is 0.505 e. The van der Waals surface area contributed by atoms with E-state index in [0.717, 1.165) is 10.7 Å². The highest BCUT2D eigenvalue weighted by Crippen LogP contribution is 2.21. The molecule has 0 aliphatic heterocycles. The molecule has 0 radical (unpaired) electrons. The third-order valence-electron chi connectivity index (χ3n) is 2.51. The van der Waals surface area contributed by atoms with Crippen LogP contribution in [0.1, 0.15) is 17.4 Å². The molecule has 0 unspecified atom stereocenters. The van der Waals surface area contributed by atoms with Crippen LogP contribution < -0.4 is 10.3 Å². The van der Waals surface area contributed by atoms with Gasteiger partial charge in [-0.15, -0.1) is 0 Å². The van der Waals surface area contributed by atoms with E-state index in [1.807, 2.05) is 0 Å². The summed E-state index contributed by atoms with van der Waals surface area (Å²) < 4.78 is 6.25. The molecule has 2 aromatic rings.